The van der Waals surface area contributed by atoms with E-state index in [2.05, 4.69) is 292 Å². The standard InChI is InChI=1S/C71H79N/c1-66(2,3)53-31-29-46(30-32-53)60-25-19-21-28-65(60)72(59-33-34-62-61-26-18-20-27-63(61)71(16,17)64(62)45-59)58-24-22-23-47(43-58)48-35-49(38-54(37-48)67(4,5)6)50-36-51(40-55(39-50)68(7,8)9)52-41-56(69(10,11)12)44-57(42-52)70(13,14)15/h18-45H,1-17H3. The van der Waals surface area contributed by atoms with Gasteiger partial charge >= 0.3 is 0 Å². The monoisotopic (exact) mass is 946 g/mol. The molecule has 0 unspecified atom stereocenters. The predicted molar refractivity (Wildman–Crippen MR) is 314 cm³/mol. The highest BCUT2D eigenvalue weighted by atomic mass is 15.1. The Labute approximate surface area is 434 Å². The molecule has 0 spiro atoms. The Hall–Kier alpha value is -6.44. The molecule has 0 aromatic heterocycles. The van der Waals surface area contributed by atoms with E-state index in [1.807, 2.05) is 0 Å². The van der Waals surface area contributed by atoms with Gasteiger partial charge in [-0.25, -0.2) is 0 Å². The van der Waals surface area contributed by atoms with Crippen molar-refractivity contribution in [2.75, 3.05) is 4.90 Å². The van der Waals surface area contributed by atoms with Gasteiger partial charge in [-0.2, -0.15) is 0 Å². The summed E-state index contributed by atoms with van der Waals surface area (Å²) in [5.41, 5.74) is 25.2. The van der Waals surface area contributed by atoms with Crippen molar-refractivity contribution in [1.82, 2.24) is 0 Å². The van der Waals surface area contributed by atoms with Gasteiger partial charge < -0.3 is 4.90 Å². The van der Waals surface area contributed by atoms with E-state index in [1.54, 1.807) is 0 Å². The highest BCUT2D eigenvalue weighted by Gasteiger charge is 2.36. The van der Waals surface area contributed by atoms with Crippen LogP contribution in [0.2, 0.25) is 0 Å². The van der Waals surface area contributed by atoms with Crippen molar-refractivity contribution in [2.45, 2.75) is 150 Å². The first kappa shape index (κ1) is 50.5. The van der Waals surface area contributed by atoms with E-state index in [9.17, 15) is 0 Å². The van der Waals surface area contributed by atoms with Gasteiger partial charge in [0.25, 0.3) is 0 Å². The molecule has 1 aliphatic rings. The summed E-state index contributed by atoms with van der Waals surface area (Å²) in [6, 6.07) is 65.5. The van der Waals surface area contributed by atoms with Crippen LogP contribution in [-0.4, -0.2) is 0 Å². The quantitative estimate of drug-likeness (QED) is 0.154. The second-order valence-corrected chi connectivity index (χ2v) is 26.5. The summed E-state index contributed by atoms with van der Waals surface area (Å²) in [6.07, 6.45) is 0. The van der Waals surface area contributed by atoms with Crippen LogP contribution >= 0.6 is 0 Å². The van der Waals surface area contributed by atoms with Gasteiger partial charge in [0, 0.05) is 22.4 Å². The molecule has 0 N–H and O–H groups in total. The van der Waals surface area contributed by atoms with Crippen molar-refractivity contribution in [3.8, 4) is 55.6 Å². The second kappa shape index (κ2) is 17.9. The number of benzene rings is 8. The van der Waals surface area contributed by atoms with E-state index >= 15 is 0 Å². The molecule has 0 aliphatic heterocycles. The normalized spacial score (nSPS) is 13.7. The molecule has 1 nitrogen and oxygen atoms in total. The Bertz CT molecular complexity index is 3290. The molecule has 0 saturated carbocycles. The minimum atomic E-state index is -0.143. The van der Waals surface area contributed by atoms with Gasteiger partial charge in [0.15, 0.2) is 0 Å². The third-order valence-electron chi connectivity index (χ3n) is 15.4. The fourth-order valence-electron chi connectivity index (χ4n) is 10.6. The molecule has 1 aliphatic carbocycles. The van der Waals surface area contributed by atoms with Crippen molar-refractivity contribution in [2.24, 2.45) is 0 Å². The Morgan fingerprint density at radius 1 is 0.278 bits per heavy atom. The summed E-state index contributed by atoms with van der Waals surface area (Å²) in [6.45, 7) is 39.7. The van der Waals surface area contributed by atoms with Crippen molar-refractivity contribution < 1.29 is 0 Å². The molecule has 72 heavy (non-hydrogen) atoms. The van der Waals surface area contributed by atoms with Crippen molar-refractivity contribution in [3.05, 3.63) is 209 Å². The van der Waals surface area contributed by atoms with Gasteiger partial charge in [-0.1, -0.05) is 245 Å². The fourth-order valence-corrected chi connectivity index (χ4v) is 10.6. The van der Waals surface area contributed by atoms with Crippen LogP contribution in [0.25, 0.3) is 55.6 Å². The topological polar surface area (TPSA) is 3.24 Å². The highest BCUT2D eigenvalue weighted by molar-refractivity contribution is 5.92. The van der Waals surface area contributed by atoms with E-state index in [4.69, 9.17) is 0 Å². The first-order valence-corrected chi connectivity index (χ1v) is 26.4. The highest BCUT2D eigenvalue weighted by Crippen LogP contribution is 2.52. The first-order chi connectivity index (χ1) is 33.6. The van der Waals surface area contributed by atoms with Crippen LogP contribution in [0.15, 0.2) is 170 Å². The van der Waals surface area contributed by atoms with E-state index in [-0.39, 0.29) is 32.5 Å². The van der Waals surface area contributed by atoms with Crippen LogP contribution in [0, 0.1) is 0 Å². The molecule has 9 rings (SSSR count). The molecule has 0 amide bonds. The summed E-state index contributed by atoms with van der Waals surface area (Å²) in [7, 11) is 0. The maximum absolute atomic E-state index is 2.50. The molecule has 0 radical (unpaired) electrons. The zero-order chi connectivity index (χ0) is 51.9. The Morgan fingerprint density at radius 2 is 0.694 bits per heavy atom. The molecular formula is C71H79N. The average molecular weight is 946 g/mol. The van der Waals surface area contributed by atoms with Crippen LogP contribution < -0.4 is 4.90 Å². The number of hydrogen-bond donors (Lipinski definition) is 0. The molecule has 0 fully saturated rings. The summed E-state index contributed by atoms with van der Waals surface area (Å²) in [5, 5.41) is 0. The maximum Gasteiger partial charge on any atom is 0.0540 e. The van der Waals surface area contributed by atoms with Gasteiger partial charge in [0.1, 0.15) is 0 Å². The lowest BCUT2D eigenvalue weighted by Gasteiger charge is -2.30. The molecule has 8 aromatic carbocycles. The second-order valence-electron chi connectivity index (χ2n) is 26.5. The minimum Gasteiger partial charge on any atom is -0.310 e. The lowest BCUT2D eigenvalue weighted by molar-refractivity contribution is 0.569. The average Bonchev–Trinajstić information content (AvgIpc) is 3.55. The van der Waals surface area contributed by atoms with Gasteiger partial charge in [-0.3, -0.25) is 0 Å². The number of fused-ring (bicyclic) bond motifs is 3. The van der Waals surface area contributed by atoms with Crippen LogP contribution in [-0.2, 0) is 32.5 Å². The van der Waals surface area contributed by atoms with E-state index in [0.29, 0.717) is 0 Å². The number of para-hydroxylation sites is 1. The number of nitrogens with zero attached hydrogens (tertiary/aromatic N) is 1. The smallest absolute Gasteiger partial charge is 0.0540 e. The lowest BCUT2D eigenvalue weighted by atomic mass is 9.77. The molecule has 368 valence electrons. The van der Waals surface area contributed by atoms with Crippen LogP contribution in [0.5, 0.6) is 0 Å². The number of anilines is 3. The van der Waals surface area contributed by atoms with Crippen LogP contribution in [0.3, 0.4) is 0 Å². The third kappa shape index (κ3) is 9.89. The first-order valence-electron chi connectivity index (χ1n) is 26.4. The zero-order valence-electron chi connectivity index (χ0n) is 46.6. The van der Waals surface area contributed by atoms with Gasteiger partial charge in [-0.15, -0.1) is 0 Å². The minimum absolute atomic E-state index is 0.0172. The van der Waals surface area contributed by atoms with Gasteiger partial charge in [0.2, 0.25) is 0 Å². The molecule has 0 saturated heterocycles. The number of hydrogen-bond acceptors (Lipinski definition) is 1. The number of rotatable bonds is 7. The van der Waals surface area contributed by atoms with Crippen molar-refractivity contribution in [1.29, 1.82) is 0 Å². The fraction of sp³-hybridized carbons (Fsp3) is 0.324. The Morgan fingerprint density at radius 3 is 1.21 bits per heavy atom. The Balaban J connectivity index is 1.24. The van der Waals surface area contributed by atoms with E-state index < -0.39 is 0 Å². The molecular weight excluding hydrogens is 867 g/mol. The third-order valence-corrected chi connectivity index (χ3v) is 15.4. The molecule has 0 atom stereocenters. The SMILES string of the molecule is CC(C)(C)c1ccc(-c2ccccc2N(c2cccc(-c3cc(-c4cc(-c5cc(C(C)(C)C)cc(C(C)(C)C)c5)cc(C(C)(C)C)c4)cc(C(C)(C)C)c3)c2)c2ccc3c(c2)C(C)(C)c2ccccc2-3)cc1. The molecule has 1 heteroatoms. The summed E-state index contributed by atoms with van der Waals surface area (Å²) < 4.78 is 0. The van der Waals surface area contributed by atoms with Crippen LogP contribution in [0.4, 0.5) is 17.1 Å². The maximum atomic E-state index is 2.50. The zero-order valence-corrected chi connectivity index (χ0v) is 46.6. The summed E-state index contributed by atoms with van der Waals surface area (Å²) >= 11 is 0. The van der Waals surface area contributed by atoms with Crippen molar-refractivity contribution in [3.63, 3.8) is 0 Å². The summed E-state index contributed by atoms with van der Waals surface area (Å²) in [4.78, 5) is 2.50. The van der Waals surface area contributed by atoms with E-state index in [0.717, 1.165) is 17.1 Å². The molecule has 8 aromatic rings. The van der Waals surface area contributed by atoms with Gasteiger partial charge in [-0.05, 0) is 159 Å². The Kier molecular flexibility index (Phi) is 12.6. The summed E-state index contributed by atoms with van der Waals surface area (Å²) in [5.74, 6) is 0. The largest absolute Gasteiger partial charge is 0.310 e. The predicted octanol–water partition coefficient (Wildman–Crippen LogP) is 20.6. The molecule has 0 bridgehead atoms. The van der Waals surface area contributed by atoms with E-state index in [1.165, 1.54) is 94.6 Å². The van der Waals surface area contributed by atoms with Gasteiger partial charge in [0.05, 0.1) is 5.69 Å². The lowest BCUT2D eigenvalue weighted by Crippen LogP contribution is -2.17. The molecule has 0 heterocycles. The van der Waals surface area contributed by atoms with Crippen LogP contribution in [0.1, 0.15) is 157 Å². The van der Waals surface area contributed by atoms with Crippen molar-refractivity contribution >= 4 is 17.1 Å².